The molecule has 0 atom stereocenters. The Morgan fingerprint density at radius 1 is 1.15 bits per heavy atom. The molecule has 0 aliphatic carbocycles. The summed E-state index contributed by atoms with van der Waals surface area (Å²) in [7, 11) is 1.68. The summed E-state index contributed by atoms with van der Waals surface area (Å²) in [5, 5.41) is 0. The monoisotopic (exact) mass is 360 g/mol. The summed E-state index contributed by atoms with van der Waals surface area (Å²) in [6.07, 6.45) is 4.26. The zero-order valence-corrected chi connectivity index (χ0v) is 15.8. The number of carbonyl (C=O) groups excluding carboxylic acids is 2. The summed E-state index contributed by atoms with van der Waals surface area (Å²) >= 11 is 0. The second-order valence-corrected chi connectivity index (χ2v) is 6.75. The number of likely N-dealkylation sites (N-methyl/N-ethyl adjacent to an activating group) is 1. The maximum Gasteiger partial charge on any atom is 0.254 e. The lowest BCUT2D eigenvalue weighted by molar-refractivity contribution is -0.113. The molecule has 0 saturated heterocycles. The molecule has 4 nitrogen and oxygen atoms in total. The Balaban J connectivity index is 1.68. The van der Waals surface area contributed by atoms with Crippen molar-refractivity contribution >= 4 is 23.1 Å². The van der Waals surface area contributed by atoms with E-state index in [1.165, 1.54) is 27.7 Å². The summed E-state index contributed by atoms with van der Waals surface area (Å²) in [4.78, 5) is 27.8. The van der Waals surface area contributed by atoms with E-state index in [0.29, 0.717) is 18.7 Å². The minimum absolute atomic E-state index is 0.0128. The molecule has 4 heteroatoms. The summed E-state index contributed by atoms with van der Waals surface area (Å²) in [5.74, 6) is -0.169. The number of carbonyl (C=O) groups is 2. The average molecular weight is 360 g/mol. The normalized spacial score (nSPS) is 13.7. The maximum atomic E-state index is 12.8. The van der Waals surface area contributed by atoms with Gasteiger partial charge in [0.2, 0.25) is 5.91 Å². The van der Waals surface area contributed by atoms with Gasteiger partial charge in [0, 0.05) is 31.4 Å². The van der Waals surface area contributed by atoms with Crippen LogP contribution in [0.25, 0.3) is 5.57 Å². The van der Waals surface area contributed by atoms with E-state index >= 15 is 0 Å². The molecule has 0 bridgehead atoms. The molecule has 0 fully saturated rings. The molecular formula is C23H24N2O2. The van der Waals surface area contributed by atoms with Crippen molar-refractivity contribution in [3.63, 3.8) is 0 Å². The first-order chi connectivity index (χ1) is 13.0. The molecule has 138 valence electrons. The van der Waals surface area contributed by atoms with E-state index in [1.807, 2.05) is 4.90 Å². The number of hydrogen-bond acceptors (Lipinski definition) is 2. The van der Waals surface area contributed by atoms with Crippen LogP contribution in [0.3, 0.4) is 0 Å². The van der Waals surface area contributed by atoms with Crippen molar-refractivity contribution in [1.29, 1.82) is 0 Å². The largest absolute Gasteiger partial charge is 0.335 e. The van der Waals surface area contributed by atoms with E-state index in [-0.39, 0.29) is 11.8 Å². The third-order valence-electron chi connectivity index (χ3n) is 4.89. The molecule has 0 radical (unpaired) electrons. The Kier molecular flexibility index (Phi) is 5.55. The van der Waals surface area contributed by atoms with E-state index in [4.69, 9.17) is 0 Å². The SMILES string of the molecule is C=CC(=O)N(C)c1ccc(C(=O)N2CC=C(c3cccc(C)c3)CC2)cc1. The highest BCUT2D eigenvalue weighted by Crippen LogP contribution is 2.24. The second kappa shape index (κ2) is 8.04. The third-order valence-corrected chi connectivity index (χ3v) is 4.89. The molecule has 27 heavy (non-hydrogen) atoms. The Morgan fingerprint density at radius 3 is 2.48 bits per heavy atom. The topological polar surface area (TPSA) is 40.6 Å². The van der Waals surface area contributed by atoms with Gasteiger partial charge in [0.05, 0.1) is 0 Å². The molecule has 1 aliphatic heterocycles. The lowest BCUT2D eigenvalue weighted by Crippen LogP contribution is -2.34. The zero-order valence-electron chi connectivity index (χ0n) is 15.8. The Labute approximate surface area is 160 Å². The number of aryl methyl sites for hydroxylation is 1. The number of anilines is 1. The van der Waals surface area contributed by atoms with Crippen LogP contribution in [0.2, 0.25) is 0 Å². The van der Waals surface area contributed by atoms with Crippen molar-refractivity contribution in [2.45, 2.75) is 13.3 Å². The van der Waals surface area contributed by atoms with Gasteiger partial charge >= 0.3 is 0 Å². The van der Waals surface area contributed by atoms with E-state index in [0.717, 1.165) is 12.1 Å². The molecule has 0 saturated carbocycles. The van der Waals surface area contributed by atoms with Gasteiger partial charge in [0.15, 0.2) is 0 Å². The third kappa shape index (κ3) is 4.17. The first kappa shape index (κ1) is 18.6. The highest BCUT2D eigenvalue weighted by atomic mass is 16.2. The van der Waals surface area contributed by atoms with Crippen LogP contribution in [0.5, 0.6) is 0 Å². The highest BCUT2D eigenvalue weighted by Gasteiger charge is 2.19. The Bertz CT molecular complexity index is 897. The molecule has 0 unspecified atom stereocenters. The number of amides is 2. The lowest BCUT2D eigenvalue weighted by atomic mass is 9.98. The number of hydrogen-bond donors (Lipinski definition) is 0. The fraction of sp³-hybridized carbons (Fsp3) is 0.217. The van der Waals surface area contributed by atoms with E-state index in [9.17, 15) is 9.59 Å². The first-order valence-corrected chi connectivity index (χ1v) is 9.05. The standard InChI is InChI=1S/C23H24N2O2/c1-4-22(26)24(3)21-10-8-19(9-11-21)23(27)25-14-12-18(13-15-25)20-7-5-6-17(2)16-20/h4-12,16H,1,13-15H2,2-3H3. The van der Waals surface area contributed by atoms with Crippen molar-refractivity contribution in [2.75, 3.05) is 25.0 Å². The van der Waals surface area contributed by atoms with Gasteiger partial charge in [0.1, 0.15) is 0 Å². The Morgan fingerprint density at radius 2 is 1.89 bits per heavy atom. The van der Waals surface area contributed by atoms with E-state index < -0.39 is 0 Å². The fourth-order valence-electron chi connectivity index (χ4n) is 3.23. The van der Waals surface area contributed by atoms with Gasteiger partial charge in [-0.3, -0.25) is 9.59 Å². The van der Waals surface area contributed by atoms with Crippen LogP contribution in [0, 0.1) is 6.92 Å². The van der Waals surface area contributed by atoms with E-state index in [1.54, 1.807) is 31.3 Å². The number of rotatable bonds is 4. The summed E-state index contributed by atoms with van der Waals surface area (Å²) in [5.41, 5.74) is 5.14. The molecule has 1 heterocycles. The predicted octanol–water partition coefficient (Wildman–Crippen LogP) is 4.07. The molecule has 3 rings (SSSR count). The molecule has 0 aromatic heterocycles. The van der Waals surface area contributed by atoms with Gasteiger partial charge in [-0.1, -0.05) is 42.5 Å². The molecular weight excluding hydrogens is 336 g/mol. The average Bonchev–Trinajstić information content (AvgIpc) is 2.72. The summed E-state index contributed by atoms with van der Waals surface area (Å²) < 4.78 is 0. The van der Waals surface area contributed by atoms with Gasteiger partial charge in [-0.05, 0) is 54.8 Å². The zero-order chi connectivity index (χ0) is 19.4. The van der Waals surface area contributed by atoms with Gasteiger partial charge in [0.25, 0.3) is 5.91 Å². The quantitative estimate of drug-likeness (QED) is 0.771. The van der Waals surface area contributed by atoms with Crippen LogP contribution in [-0.2, 0) is 4.79 Å². The van der Waals surface area contributed by atoms with Gasteiger partial charge in [-0.25, -0.2) is 0 Å². The molecule has 2 aromatic carbocycles. The molecule has 2 aromatic rings. The molecule has 1 aliphatic rings. The van der Waals surface area contributed by atoms with Gasteiger partial charge < -0.3 is 9.80 Å². The molecule has 0 N–H and O–H groups in total. The number of benzene rings is 2. The van der Waals surface area contributed by atoms with Crippen LogP contribution in [0.1, 0.15) is 27.9 Å². The van der Waals surface area contributed by atoms with Crippen LogP contribution >= 0.6 is 0 Å². The molecule has 2 amide bonds. The van der Waals surface area contributed by atoms with Crippen molar-refractivity contribution < 1.29 is 9.59 Å². The summed E-state index contributed by atoms with van der Waals surface area (Å²) in [6.45, 7) is 6.89. The van der Waals surface area contributed by atoms with Crippen molar-refractivity contribution in [3.8, 4) is 0 Å². The Hall–Kier alpha value is -3.14. The van der Waals surface area contributed by atoms with Crippen molar-refractivity contribution in [1.82, 2.24) is 4.90 Å². The van der Waals surface area contributed by atoms with Crippen molar-refractivity contribution in [2.24, 2.45) is 0 Å². The van der Waals surface area contributed by atoms with Crippen molar-refractivity contribution in [3.05, 3.63) is 84.0 Å². The van der Waals surface area contributed by atoms with Crippen LogP contribution in [0.4, 0.5) is 5.69 Å². The van der Waals surface area contributed by atoms with E-state index in [2.05, 4.69) is 43.8 Å². The smallest absolute Gasteiger partial charge is 0.254 e. The predicted molar refractivity (Wildman–Crippen MR) is 110 cm³/mol. The number of nitrogens with zero attached hydrogens (tertiary/aromatic N) is 2. The van der Waals surface area contributed by atoms with Gasteiger partial charge in [-0.2, -0.15) is 0 Å². The van der Waals surface area contributed by atoms with Crippen LogP contribution < -0.4 is 4.90 Å². The van der Waals surface area contributed by atoms with Crippen LogP contribution in [0.15, 0.2) is 67.3 Å². The van der Waals surface area contributed by atoms with Gasteiger partial charge in [-0.15, -0.1) is 0 Å². The lowest BCUT2D eigenvalue weighted by Gasteiger charge is -2.27. The second-order valence-electron chi connectivity index (χ2n) is 6.75. The summed E-state index contributed by atoms with van der Waals surface area (Å²) in [6, 6.07) is 15.6. The minimum atomic E-state index is -0.182. The first-order valence-electron chi connectivity index (χ1n) is 9.05. The van der Waals surface area contributed by atoms with Crippen LogP contribution in [-0.4, -0.2) is 36.9 Å². The maximum absolute atomic E-state index is 12.8. The highest BCUT2D eigenvalue weighted by molar-refractivity contribution is 6.01. The molecule has 0 spiro atoms. The minimum Gasteiger partial charge on any atom is -0.335 e. The fourth-order valence-corrected chi connectivity index (χ4v) is 3.23.